The number of unbranched alkanes of at least 4 members (excludes halogenated alkanes) is 1. The summed E-state index contributed by atoms with van der Waals surface area (Å²) in [5, 5.41) is 10.1. The maximum absolute atomic E-state index is 16.1. The van der Waals surface area contributed by atoms with E-state index in [1.165, 1.54) is 7.11 Å². The molecule has 0 saturated carbocycles. The number of aliphatic hydroxyl groups excluding tert-OH is 1. The molecule has 8 nitrogen and oxygen atoms in total. The van der Waals surface area contributed by atoms with Gasteiger partial charge in [0.1, 0.15) is 0 Å². The van der Waals surface area contributed by atoms with Gasteiger partial charge in [-0.05, 0) is 49.7 Å². The summed E-state index contributed by atoms with van der Waals surface area (Å²) in [4.78, 5) is 42.7. The zero-order valence-corrected chi connectivity index (χ0v) is 26.4. The number of benzene rings is 2. The number of hydrogen-bond donors (Lipinski definition) is 1. The number of rotatable bonds is 12. The molecule has 1 saturated heterocycles. The summed E-state index contributed by atoms with van der Waals surface area (Å²) >= 11 is 6.42. The molecule has 1 N–H and O–H groups in total. The summed E-state index contributed by atoms with van der Waals surface area (Å²) in [6.45, 7) is 5.56. The molecule has 0 radical (unpaired) electrons. The van der Waals surface area contributed by atoms with Gasteiger partial charge >= 0.3 is 5.97 Å². The zero-order valence-electron chi connectivity index (χ0n) is 24.6. The first-order chi connectivity index (χ1) is 19.9. The van der Waals surface area contributed by atoms with Crippen LogP contribution in [0.2, 0.25) is 23.7 Å². The van der Waals surface area contributed by atoms with E-state index in [0.29, 0.717) is 42.2 Å². The number of hydrogen-bond acceptors (Lipinski definition) is 6. The number of anilines is 1. The standard InChI is InChI=1S/C31H40ClFN2O6Si/c1-21-29(42(3,4)33)26(19-27(37)34(16-17-36)20-22-10-6-5-7-11-22)41-31(21)24-18-23(32)13-14-25(24)35(30(31)39)15-9-8-12-28(38)40-2/h5-7,10-11,13-14,18,21,26,29,36H,8-9,12,15-17,19-20H2,1-4H3/t21-,26+,29-,31+/m0/s1. The third-order valence-corrected chi connectivity index (χ3v) is 11.2. The monoisotopic (exact) mass is 618 g/mol. The van der Waals surface area contributed by atoms with Crippen LogP contribution in [0.3, 0.4) is 0 Å². The van der Waals surface area contributed by atoms with Crippen molar-refractivity contribution in [3.8, 4) is 0 Å². The molecule has 11 heteroatoms. The number of aliphatic hydroxyl groups is 1. The number of carbonyl (C=O) groups excluding carboxylic acids is 3. The van der Waals surface area contributed by atoms with Crippen molar-refractivity contribution in [2.75, 3.05) is 31.7 Å². The first-order valence-electron chi connectivity index (χ1n) is 14.4. The van der Waals surface area contributed by atoms with Crippen molar-refractivity contribution in [3.63, 3.8) is 0 Å². The van der Waals surface area contributed by atoms with Gasteiger partial charge in [-0.2, -0.15) is 0 Å². The minimum Gasteiger partial charge on any atom is -0.469 e. The van der Waals surface area contributed by atoms with Crippen LogP contribution in [-0.4, -0.2) is 69.1 Å². The van der Waals surface area contributed by atoms with Crippen LogP contribution < -0.4 is 4.90 Å². The second-order valence-corrected chi connectivity index (χ2v) is 15.9. The molecular weight excluding hydrogens is 579 g/mol. The number of esters is 1. The van der Waals surface area contributed by atoms with Gasteiger partial charge in [0.15, 0.2) is 5.60 Å². The second-order valence-electron chi connectivity index (χ2n) is 11.7. The summed E-state index contributed by atoms with van der Waals surface area (Å²) in [5.41, 5.74) is -0.00941. The fraction of sp³-hybridized carbons (Fsp3) is 0.516. The zero-order chi connectivity index (χ0) is 30.7. The van der Waals surface area contributed by atoms with Crippen molar-refractivity contribution in [2.24, 2.45) is 5.92 Å². The second kappa shape index (κ2) is 13.2. The van der Waals surface area contributed by atoms with Crippen molar-refractivity contribution >= 4 is 43.5 Å². The van der Waals surface area contributed by atoms with Crippen molar-refractivity contribution in [2.45, 2.75) is 69.5 Å². The first kappa shape index (κ1) is 32.1. The van der Waals surface area contributed by atoms with Crippen LogP contribution in [-0.2, 0) is 36.0 Å². The summed E-state index contributed by atoms with van der Waals surface area (Å²) in [6.07, 6.45) is 0.371. The van der Waals surface area contributed by atoms with E-state index in [1.807, 2.05) is 37.3 Å². The van der Waals surface area contributed by atoms with Crippen LogP contribution in [0.25, 0.3) is 0 Å². The number of halogens is 2. The lowest BCUT2D eigenvalue weighted by atomic mass is 9.82. The van der Waals surface area contributed by atoms with E-state index in [4.69, 9.17) is 21.1 Å². The Morgan fingerprint density at radius 1 is 1.19 bits per heavy atom. The van der Waals surface area contributed by atoms with Crippen molar-refractivity contribution < 1.29 is 33.1 Å². The van der Waals surface area contributed by atoms with Crippen molar-refractivity contribution in [3.05, 3.63) is 64.7 Å². The van der Waals surface area contributed by atoms with Gasteiger partial charge in [0, 0.05) is 48.1 Å². The van der Waals surface area contributed by atoms with Crippen LogP contribution in [0, 0.1) is 5.92 Å². The van der Waals surface area contributed by atoms with E-state index in [2.05, 4.69) is 0 Å². The third kappa shape index (κ3) is 6.41. The highest BCUT2D eigenvalue weighted by atomic mass is 35.5. The molecule has 2 aliphatic heterocycles. The van der Waals surface area contributed by atoms with Crippen LogP contribution in [0.15, 0.2) is 48.5 Å². The molecule has 4 atom stereocenters. The summed E-state index contributed by atoms with van der Waals surface area (Å²) in [6, 6.07) is 14.6. The van der Waals surface area contributed by atoms with Gasteiger partial charge < -0.3 is 28.5 Å². The predicted molar refractivity (Wildman–Crippen MR) is 161 cm³/mol. The number of fused-ring (bicyclic) bond motifs is 2. The van der Waals surface area contributed by atoms with E-state index >= 15 is 4.11 Å². The van der Waals surface area contributed by atoms with E-state index in [-0.39, 0.29) is 43.8 Å². The van der Waals surface area contributed by atoms with E-state index in [1.54, 1.807) is 41.1 Å². The highest BCUT2D eigenvalue weighted by molar-refractivity contribution is 6.72. The molecule has 1 fully saturated rings. The maximum atomic E-state index is 16.1. The molecule has 4 rings (SSSR count). The SMILES string of the molecule is COC(=O)CCCCN1C(=O)[C@]2(O[C@H](CC(=O)N(CCO)Cc3ccccc3)[C@@H]([Si](C)(C)F)[C@@H]2C)c2cc(Cl)ccc21. The molecule has 0 bridgehead atoms. The van der Waals surface area contributed by atoms with Crippen LogP contribution in [0.4, 0.5) is 9.80 Å². The Balaban J connectivity index is 1.64. The highest BCUT2D eigenvalue weighted by Crippen LogP contribution is 2.60. The molecule has 2 aliphatic rings. The first-order valence-corrected chi connectivity index (χ1v) is 17.8. The molecule has 2 aromatic rings. The Morgan fingerprint density at radius 2 is 1.90 bits per heavy atom. The van der Waals surface area contributed by atoms with Crippen LogP contribution >= 0.6 is 11.6 Å². The molecule has 0 aliphatic carbocycles. The Hall–Kier alpha value is -2.79. The van der Waals surface area contributed by atoms with E-state index in [9.17, 15) is 19.5 Å². The molecule has 1 spiro atoms. The molecule has 228 valence electrons. The minimum atomic E-state index is -3.47. The van der Waals surface area contributed by atoms with Crippen LogP contribution in [0.5, 0.6) is 0 Å². The quantitative estimate of drug-likeness (QED) is 0.152. The molecular formula is C31H40ClFN2O6Si. The Kier molecular flexibility index (Phi) is 10.1. The molecule has 2 amide bonds. The number of amides is 2. The van der Waals surface area contributed by atoms with Gasteiger partial charge in [-0.15, -0.1) is 0 Å². The molecule has 0 aromatic heterocycles. The van der Waals surface area contributed by atoms with E-state index < -0.39 is 31.6 Å². The van der Waals surface area contributed by atoms with Crippen LogP contribution in [0.1, 0.15) is 43.7 Å². The van der Waals surface area contributed by atoms with Gasteiger partial charge in [-0.25, -0.2) is 0 Å². The lowest BCUT2D eigenvalue weighted by Gasteiger charge is -2.31. The number of ether oxygens (including phenoxy) is 2. The number of carbonyl (C=O) groups is 3. The Labute approximate surface area is 252 Å². The fourth-order valence-corrected chi connectivity index (χ4v) is 9.27. The number of methoxy groups -OCH3 is 1. The lowest BCUT2D eigenvalue weighted by molar-refractivity contribution is -0.149. The molecule has 2 heterocycles. The fourth-order valence-electron chi connectivity index (χ4n) is 6.60. The molecule has 2 aromatic carbocycles. The average molecular weight is 619 g/mol. The smallest absolute Gasteiger partial charge is 0.305 e. The van der Waals surface area contributed by atoms with Gasteiger partial charge in [0.25, 0.3) is 5.91 Å². The number of nitrogens with zero attached hydrogens (tertiary/aromatic N) is 2. The van der Waals surface area contributed by atoms with E-state index in [0.717, 1.165) is 5.56 Å². The van der Waals surface area contributed by atoms with Gasteiger partial charge in [0.2, 0.25) is 14.3 Å². The highest BCUT2D eigenvalue weighted by Gasteiger charge is 2.67. The van der Waals surface area contributed by atoms with Gasteiger partial charge in [0.05, 0.1) is 31.9 Å². The lowest BCUT2D eigenvalue weighted by Crippen LogP contribution is -2.45. The third-order valence-electron chi connectivity index (χ3n) is 8.48. The molecule has 42 heavy (non-hydrogen) atoms. The predicted octanol–water partition coefficient (Wildman–Crippen LogP) is 5.22. The largest absolute Gasteiger partial charge is 0.469 e. The normalized spacial score (nSPS) is 23.4. The average Bonchev–Trinajstić information content (AvgIpc) is 3.37. The van der Waals surface area contributed by atoms with Gasteiger partial charge in [-0.3, -0.25) is 14.4 Å². The Bertz CT molecular complexity index is 1290. The minimum absolute atomic E-state index is 0.119. The van der Waals surface area contributed by atoms with Crippen molar-refractivity contribution in [1.82, 2.24) is 4.90 Å². The van der Waals surface area contributed by atoms with Gasteiger partial charge in [-0.1, -0.05) is 48.9 Å². The summed E-state index contributed by atoms with van der Waals surface area (Å²) < 4.78 is 27.5. The molecule has 0 unspecified atom stereocenters. The maximum Gasteiger partial charge on any atom is 0.305 e. The van der Waals surface area contributed by atoms with Crippen molar-refractivity contribution in [1.29, 1.82) is 0 Å². The topological polar surface area (TPSA) is 96.4 Å². The Morgan fingerprint density at radius 3 is 2.55 bits per heavy atom. The summed E-state index contributed by atoms with van der Waals surface area (Å²) in [7, 11) is -2.13. The summed E-state index contributed by atoms with van der Waals surface area (Å²) in [5.74, 6) is -1.46.